The number of carboxylic acid groups (broad SMARTS) is 1. The molecule has 148 valence electrons. The van der Waals surface area contributed by atoms with Crippen molar-refractivity contribution in [1.82, 2.24) is 9.80 Å². The molecule has 3 rings (SSSR count). The number of piperazine rings is 1. The van der Waals surface area contributed by atoms with Crippen molar-refractivity contribution in [2.75, 3.05) is 44.2 Å². The maximum absolute atomic E-state index is 13.1. The van der Waals surface area contributed by atoms with Gasteiger partial charge in [-0.1, -0.05) is 0 Å². The van der Waals surface area contributed by atoms with Gasteiger partial charge in [0.05, 0.1) is 0 Å². The van der Waals surface area contributed by atoms with Gasteiger partial charge in [-0.3, -0.25) is 14.5 Å². The Hall–Kier alpha value is -2.15. The number of anilines is 1. The van der Waals surface area contributed by atoms with Crippen molar-refractivity contribution >= 4 is 17.6 Å². The smallest absolute Gasteiger partial charge is 0.303 e. The maximum Gasteiger partial charge on any atom is 0.303 e. The Morgan fingerprint density at radius 2 is 1.59 bits per heavy atom. The fourth-order valence-corrected chi connectivity index (χ4v) is 4.03. The summed E-state index contributed by atoms with van der Waals surface area (Å²) in [7, 11) is 0. The van der Waals surface area contributed by atoms with E-state index in [1.165, 1.54) is 12.1 Å². The summed E-state index contributed by atoms with van der Waals surface area (Å²) >= 11 is 0. The number of halogens is 1. The molecule has 1 aromatic carbocycles. The first-order chi connectivity index (χ1) is 13.0. The molecule has 27 heavy (non-hydrogen) atoms. The number of aliphatic carboxylic acids is 1. The Balaban J connectivity index is 1.40. The average Bonchev–Trinajstić information content (AvgIpc) is 2.68. The molecule has 2 heterocycles. The van der Waals surface area contributed by atoms with Crippen LogP contribution in [-0.2, 0) is 9.59 Å². The molecule has 0 atom stereocenters. The molecule has 0 radical (unpaired) electrons. The molecule has 2 saturated heterocycles. The summed E-state index contributed by atoms with van der Waals surface area (Å²) in [4.78, 5) is 29.4. The molecule has 0 aromatic heterocycles. The molecular formula is C20H28FN3O3. The third kappa shape index (κ3) is 5.42. The Bertz CT molecular complexity index is 636. The van der Waals surface area contributed by atoms with Gasteiger partial charge in [-0.15, -0.1) is 0 Å². The summed E-state index contributed by atoms with van der Waals surface area (Å²) in [5, 5.41) is 8.67. The van der Waals surface area contributed by atoms with Gasteiger partial charge in [0.1, 0.15) is 5.82 Å². The van der Waals surface area contributed by atoms with Crippen molar-refractivity contribution < 1.29 is 19.1 Å². The molecule has 0 bridgehead atoms. The predicted molar refractivity (Wildman–Crippen MR) is 101 cm³/mol. The van der Waals surface area contributed by atoms with E-state index in [1.807, 2.05) is 17.0 Å². The molecule has 0 saturated carbocycles. The number of piperidine rings is 1. The molecule has 7 heteroatoms. The van der Waals surface area contributed by atoms with Crippen LogP contribution in [0.25, 0.3) is 0 Å². The number of hydrogen-bond donors (Lipinski definition) is 1. The van der Waals surface area contributed by atoms with Crippen LogP contribution in [0.2, 0.25) is 0 Å². The Labute approximate surface area is 159 Å². The average molecular weight is 377 g/mol. The highest BCUT2D eigenvalue weighted by Gasteiger charge is 2.29. The van der Waals surface area contributed by atoms with E-state index < -0.39 is 5.97 Å². The lowest BCUT2D eigenvalue weighted by atomic mass is 10.0. The summed E-state index contributed by atoms with van der Waals surface area (Å²) in [6, 6.07) is 7.18. The van der Waals surface area contributed by atoms with Crippen LogP contribution < -0.4 is 4.90 Å². The van der Waals surface area contributed by atoms with Crippen molar-refractivity contribution in [3.05, 3.63) is 30.1 Å². The number of carbonyl (C=O) groups excluding carboxylic acids is 1. The SMILES string of the molecule is O=C(O)CCCC(=O)N1CCC(N2CCN(c3ccc(F)cc3)CC2)CC1. The lowest BCUT2D eigenvalue weighted by Gasteiger charge is -2.43. The van der Waals surface area contributed by atoms with Crippen LogP contribution in [0.15, 0.2) is 24.3 Å². The van der Waals surface area contributed by atoms with E-state index in [4.69, 9.17) is 5.11 Å². The van der Waals surface area contributed by atoms with Gasteiger partial charge in [0.25, 0.3) is 0 Å². The Kier molecular flexibility index (Phi) is 6.66. The van der Waals surface area contributed by atoms with Gasteiger partial charge in [0.15, 0.2) is 0 Å². The first-order valence-electron chi connectivity index (χ1n) is 9.77. The van der Waals surface area contributed by atoms with E-state index in [0.717, 1.165) is 57.8 Å². The van der Waals surface area contributed by atoms with Crippen molar-refractivity contribution in [2.24, 2.45) is 0 Å². The number of likely N-dealkylation sites (tertiary alicyclic amines) is 1. The molecule has 0 spiro atoms. The van der Waals surface area contributed by atoms with Crippen LogP contribution >= 0.6 is 0 Å². The minimum absolute atomic E-state index is 0.0561. The Morgan fingerprint density at radius 3 is 2.19 bits per heavy atom. The lowest BCUT2D eigenvalue weighted by molar-refractivity contribution is -0.137. The van der Waals surface area contributed by atoms with E-state index in [2.05, 4.69) is 9.80 Å². The topological polar surface area (TPSA) is 64.1 Å². The van der Waals surface area contributed by atoms with Gasteiger partial charge in [-0.25, -0.2) is 4.39 Å². The summed E-state index contributed by atoms with van der Waals surface area (Å²) in [6.45, 7) is 5.34. The van der Waals surface area contributed by atoms with E-state index in [9.17, 15) is 14.0 Å². The molecule has 2 aliphatic heterocycles. The minimum Gasteiger partial charge on any atom is -0.481 e. The third-order valence-corrected chi connectivity index (χ3v) is 5.62. The zero-order valence-electron chi connectivity index (χ0n) is 15.6. The molecule has 1 N–H and O–H groups in total. The maximum atomic E-state index is 13.1. The van der Waals surface area contributed by atoms with E-state index in [0.29, 0.717) is 18.9 Å². The normalized spacial score (nSPS) is 19.3. The van der Waals surface area contributed by atoms with Crippen molar-refractivity contribution in [3.63, 3.8) is 0 Å². The molecule has 0 unspecified atom stereocenters. The number of benzene rings is 1. The second kappa shape index (κ2) is 9.17. The van der Waals surface area contributed by atoms with Crippen LogP contribution in [0.3, 0.4) is 0 Å². The van der Waals surface area contributed by atoms with Gasteiger partial charge in [-0.05, 0) is 43.5 Å². The van der Waals surface area contributed by atoms with Gasteiger partial charge < -0.3 is 14.9 Å². The third-order valence-electron chi connectivity index (χ3n) is 5.62. The zero-order chi connectivity index (χ0) is 19.2. The monoisotopic (exact) mass is 377 g/mol. The highest BCUT2D eigenvalue weighted by molar-refractivity contribution is 5.77. The summed E-state index contributed by atoms with van der Waals surface area (Å²) in [6.07, 6.45) is 2.75. The van der Waals surface area contributed by atoms with Crippen LogP contribution in [0.5, 0.6) is 0 Å². The first-order valence-corrected chi connectivity index (χ1v) is 9.77. The van der Waals surface area contributed by atoms with E-state index in [1.54, 1.807) is 0 Å². The summed E-state index contributed by atoms with van der Waals surface area (Å²) < 4.78 is 13.1. The number of amides is 1. The fraction of sp³-hybridized carbons (Fsp3) is 0.600. The first kappa shape index (κ1) is 19.6. The number of hydrogen-bond acceptors (Lipinski definition) is 4. The number of carboxylic acids is 1. The van der Waals surface area contributed by atoms with Gasteiger partial charge in [0.2, 0.25) is 5.91 Å². The quantitative estimate of drug-likeness (QED) is 0.823. The standard InChI is InChI=1S/C20H28FN3O3/c21-16-4-6-17(7-5-16)22-12-14-23(15-13-22)18-8-10-24(11-9-18)19(25)2-1-3-20(26)27/h4-7,18H,1-3,8-15H2,(H,26,27). The second-order valence-corrected chi connectivity index (χ2v) is 7.36. The predicted octanol–water partition coefficient (Wildman–Crippen LogP) is 2.19. The van der Waals surface area contributed by atoms with Gasteiger partial charge >= 0.3 is 5.97 Å². The molecule has 1 amide bonds. The highest BCUT2D eigenvalue weighted by Crippen LogP contribution is 2.22. The van der Waals surface area contributed by atoms with Gasteiger partial charge in [-0.2, -0.15) is 0 Å². The Morgan fingerprint density at radius 1 is 0.963 bits per heavy atom. The minimum atomic E-state index is -0.846. The number of nitrogens with zero attached hydrogens (tertiary/aromatic N) is 3. The lowest BCUT2D eigenvalue weighted by Crippen LogP contribution is -2.53. The fourth-order valence-electron chi connectivity index (χ4n) is 4.03. The number of carbonyl (C=O) groups is 2. The van der Waals surface area contributed by atoms with Gasteiger partial charge in [0, 0.05) is 63.8 Å². The zero-order valence-corrected chi connectivity index (χ0v) is 15.6. The molecule has 2 aliphatic rings. The summed E-state index contributed by atoms with van der Waals surface area (Å²) in [5.41, 5.74) is 1.07. The second-order valence-electron chi connectivity index (χ2n) is 7.36. The van der Waals surface area contributed by atoms with Crippen LogP contribution in [0.1, 0.15) is 32.1 Å². The highest BCUT2D eigenvalue weighted by atomic mass is 19.1. The number of rotatable bonds is 6. The van der Waals surface area contributed by atoms with E-state index >= 15 is 0 Å². The molecular weight excluding hydrogens is 349 g/mol. The van der Waals surface area contributed by atoms with Crippen molar-refractivity contribution in [3.8, 4) is 0 Å². The molecule has 2 fully saturated rings. The molecule has 0 aliphatic carbocycles. The van der Waals surface area contributed by atoms with Crippen LogP contribution in [-0.4, -0.2) is 72.1 Å². The van der Waals surface area contributed by atoms with Crippen molar-refractivity contribution in [2.45, 2.75) is 38.1 Å². The van der Waals surface area contributed by atoms with Crippen LogP contribution in [0, 0.1) is 5.82 Å². The van der Waals surface area contributed by atoms with Crippen molar-refractivity contribution in [1.29, 1.82) is 0 Å². The largest absolute Gasteiger partial charge is 0.481 e. The van der Waals surface area contributed by atoms with Crippen LogP contribution in [0.4, 0.5) is 10.1 Å². The van der Waals surface area contributed by atoms with E-state index in [-0.39, 0.29) is 18.1 Å². The molecule has 6 nitrogen and oxygen atoms in total. The molecule has 1 aromatic rings. The summed E-state index contributed by atoms with van der Waals surface area (Å²) in [5.74, 6) is -0.973.